The van der Waals surface area contributed by atoms with E-state index in [1.54, 1.807) is 6.07 Å². The molecule has 2 N–H and O–H groups in total. The predicted octanol–water partition coefficient (Wildman–Crippen LogP) is 4.38. The molecule has 25 heavy (non-hydrogen) atoms. The minimum Gasteiger partial charge on any atom is -0.460 e. The van der Waals surface area contributed by atoms with Gasteiger partial charge in [0, 0.05) is 5.56 Å². The molecule has 0 aliphatic carbocycles. The first-order valence-electron chi connectivity index (χ1n) is 8.23. The molecule has 0 bridgehead atoms. The number of hydrogen-bond acceptors (Lipinski definition) is 4. The third kappa shape index (κ3) is 5.02. The van der Waals surface area contributed by atoms with Crippen LogP contribution < -0.4 is 5.73 Å². The Bertz CT molecular complexity index is 780. The fourth-order valence-electron chi connectivity index (χ4n) is 2.49. The van der Waals surface area contributed by atoms with Crippen LogP contribution in [0.15, 0.2) is 36.4 Å². The van der Waals surface area contributed by atoms with Crippen molar-refractivity contribution in [3.63, 3.8) is 0 Å². The van der Waals surface area contributed by atoms with Gasteiger partial charge in [-0.25, -0.2) is 9.37 Å². The Morgan fingerprint density at radius 1 is 1.16 bits per heavy atom. The first-order chi connectivity index (χ1) is 11.5. The van der Waals surface area contributed by atoms with Gasteiger partial charge in [-0.05, 0) is 64.8 Å². The largest absolute Gasteiger partial charge is 0.460 e. The molecule has 0 saturated heterocycles. The van der Waals surface area contributed by atoms with Crippen LogP contribution in [0.3, 0.4) is 0 Å². The van der Waals surface area contributed by atoms with Crippen molar-refractivity contribution in [2.45, 2.75) is 46.6 Å². The summed E-state index contributed by atoms with van der Waals surface area (Å²) in [5.74, 6) is -0.438. The minimum absolute atomic E-state index is 0.205. The standard InChI is InChI=1S/C20H25FN2O2/c1-19(2,3)25-18(24)20(4,5)12-13-7-6-8-14(11-13)17-15(21)9-10-16(22)23-17/h6-11H,12H2,1-5H3,(H2,22,23). The number of rotatable bonds is 4. The zero-order valence-electron chi connectivity index (χ0n) is 15.4. The Balaban J connectivity index is 2.27. The molecular weight excluding hydrogens is 319 g/mol. The Labute approximate surface area is 148 Å². The molecule has 0 atom stereocenters. The van der Waals surface area contributed by atoms with E-state index in [0.29, 0.717) is 12.0 Å². The average molecular weight is 344 g/mol. The Morgan fingerprint density at radius 2 is 1.84 bits per heavy atom. The van der Waals surface area contributed by atoms with Crippen LogP contribution in [0, 0.1) is 11.2 Å². The molecular formula is C20H25FN2O2. The fourth-order valence-corrected chi connectivity index (χ4v) is 2.49. The SMILES string of the molecule is CC(C)(C)OC(=O)C(C)(C)Cc1cccc(-c2nc(N)ccc2F)c1. The van der Waals surface area contributed by atoms with Gasteiger partial charge >= 0.3 is 5.97 Å². The summed E-state index contributed by atoms with van der Waals surface area (Å²) in [7, 11) is 0. The van der Waals surface area contributed by atoms with E-state index in [0.717, 1.165) is 5.56 Å². The number of carbonyl (C=O) groups is 1. The highest BCUT2D eigenvalue weighted by Gasteiger charge is 2.32. The Hall–Kier alpha value is -2.43. The van der Waals surface area contributed by atoms with Crippen molar-refractivity contribution in [2.75, 3.05) is 5.73 Å². The lowest BCUT2D eigenvalue weighted by molar-refractivity contribution is -0.165. The first kappa shape index (κ1) is 18.9. The van der Waals surface area contributed by atoms with Gasteiger partial charge in [-0.1, -0.05) is 18.2 Å². The molecule has 0 spiro atoms. The maximum absolute atomic E-state index is 14.0. The fraction of sp³-hybridized carbons (Fsp3) is 0.400. The van der Waals surface area contributed by atoms with Crippen LogP contribution in [-0.2, 0) is 16.0 Å². The molecule has 0 aliphatic rings. The number of pyridine rings is 1. The van der Waals surface area contributed by atoms with Crippen molar-refractivity contribution in [3.05, 3.63) is 47.8 Å². The summed E-state index contributed by atoms with van der Waals surface area (Å²) >= 11 is 0. The summed E-state index contributed by atoms with van der Waals surface area (Å²) in [6.07, 6.45) is 0.472. The van der Waals surface area contributed by atoms with Gasteiger partial charge in [0.25, 0.3) is 0 Å². The van der Waals surface area contributed by atoms with E-state index < -0.39 is 16.8 Å². The van der Waals surface area contributed by atoms with Crippen LogP contribution in [0.5, 0.6) is 0 Å². The van der Waals surface area contributed by atoms with Gasteiger partial charge in [0.05, 0.1) is 5.41 Å². The molecule has 0 amide bonds. The van der Waals surface area contributed by atoms with Gasteiger partial charge in [0.2, 0.25) is 0 Å². The predicted molar refractivity (Wildman–Crippen MR) is 97.4 cm³/mol. The van der Waals surface area contributed by atoms with E-state index in [1.165, 1.54) is 12.1 Å². The number of carbonyl (C=O) groups excluding carboxylic acids is 1. The van der Waals surface area contributed by atoms with Crippen LogP contribution in [0.1, 0.15) is 40.2 Å². The molecule has 0 fully saturated rings. The van der Waals surface area contributed by atoms with Gasteiger partial charge in [0.15, 0.2) is 0 Å². The van der Waals surface area contributed by atoms with Gasteiger partial charge < -0.3 is 10.5 Å². The van der Waals surface area contributed by atoms with E-state index >= 15 is 0 Å². The van der Waals surface area contributed by atoms with Crippen molar-refractivity contribution in [3.8, 4) is 11.3 Å². The summed E-state index contributed by atoms with van der Waals surface area (Å²) in [5, 5.41) is 0. The van der Waals surface area contributed by atoms with E-state index in [9.17, 15) is 9.18 Å². The van der Waals surface area contributed by atoms with Crippen molar-refractivity contribution in [2.24, 2.45) is 5.41 Å². The maximum atomic E-state index is 14.0. The lowest BCUT2D eigenvalue weighted by Crippen LogP contribution is -2.35. The number of aromatic nitrogens is 1. The highest BCUT2D eigenvalue weighted by Crippen LogP contribution is 2.29. The number of hydrogen-bond donors (Lipinski definition) is 1. The summed E-state index contributed by atoms with van der Waals surface area (Å²) in [4.78, 5) is 16.5. The first-order valence-corrected chi connectivity index (χ1v) is 8.23. The van der Waals surface area contributed by atoms with Gasteiger partial charge in [-0.2, -0.15) is 0 Å². The third-order valence-electron chi connectivity index (χ3n) is 3.67. The van der Waals surface area contributed by atoms with Crippen molar-refractivity contribution in [1.29, 1.82) is 0 Å². The van der Waals surface area contributed by atoms with Crippen LogP contribution in [-0.4, -0.2) is 16.6 Å². The summed E-state index contributed by atoms with van der Waals surface area (Å²) in [6.45, 7) is 9.21. The average Bonchev–Trinajstić information content (AvgIpc) is 2.48. The molecule has 0 radical (unpaired) electrons. The number of nitrogen functional groups attached to an aromatic ring is 1. The number of nitrogens with zero attached hydrogens (tertiary/aromatic N) is 1. The monoisotopic (exact) mass is 344 g/mol. The second-order valence-corrected chi connectivity index (χ2v) is 7.83. The number of nitrogens with two attached hydrogens (primary N) is 1. The molecule has 0 saturated carbocycles. The lowest BCUT2D eigenvalue weighted by Gasteiger charge is -2.28. The lowest BCUT2D eigenvalue weighted by atomic mass is 9.85. The molecule has 0 aliphatic heterocycles. The Morgan fingerprint density at radius 3 is 2.48 bits per heavy atom. The quantitative estimate of drug-likeness (QED) is 0.836. The second-order valence-electron chi connectivity index (χ2n) is 7.83. The molecule has 1 heterocycles. The molecule has 134 valence electrons. The van der Waals surface area contributed by atoms with Gasteiger partial charge in [-0.3, -0.25) is 4.79 Å². The number of esters is 1. The third-order valence-corrected chi connectivity index (χ3v) is 3.67. The van der Waals surface area contributed by atoms with Crippen LogP contribution in [0.4, 0.5) is 10.2 Å². The Kier molecular flexibility index (Phi) is 5.16. The van der Waals surface area contributed by atoms with E-state index in [2.05, 4.69) is 4.98 Å². The molecule has 0 unspecified atom stereocenters. The molecule has 1 aromatic carbocycles. The van der Waals surface area contributed by atoms with Crippen molar-refractivity contribution < 1.29 is 13.9 Å². The number of anilines is 1. The zero-order valence-corrected chi connectivity index (χ0v) is 15.4. The van der Waals surface area contributed by atoms with E-state index in [1.807, 2.05) is 52.8 Å². The van der Waals surface area contributed by atoms with Crippen LogP contribution >= 0.6 is 0 Å². The summed E-state index contributed by atoms with van der Waals surface area (Å²) < 4.78 is 19.5. The van der Waals surface area contributed by atoms with Crippen LogP contribution in [0.2, 0.25) is 0 Å². The number of halogens is 1. The van der Waals surface area contributed by atoms with Gasteiger partial charge in [0.1, 0.15) is 22.9 Å². The normalized spacial score (nSPS) is 12.1. The minimum atomic E-state index is -0.701. The highest BCUT2D eigenvalue weighted by atomic mass is 19.1. The van der Waals surface area contributed by atoms with Crippen molar-refractivity contribution in [1.82, 2.24) is 4.98 Å². The zero-order chi connectivity index (χ0) is 18.8. The summed E-state index contributed by atoms with van der Waals surface area (Å²) in [5.41, 5.74) is 6.16. The van der Waals surface area contributed by atoms with Crippen LogP contribution in [0.25, 0.3) is 11.3 Å². The second kappa shape index (κ2) is 6.82. The molecule has 2 aromatic rings. The summed E-state index contributed by atoms with van der Waals surface area (Å²) in [6, 6.07) is 10.1. The van der Waals surface area contributed by atoms with E-state index in [-0.39, 0.29) is 17.5 Å². The van der Waals surface area contributed by atoms with Crippen molar-refractivity contribution >= 4 is 11.8 Å². The topological polar surface area (TPSA) is 65.2 Å². The smallest absolute Gasteiger partial charge is 0.312 e. The number of benzene rings is 1. The maximum Gasteiger partial charge on any atom is 0.312 e. The molecule has 1 aromatic heterocycles. The highest BCUT2D eigenvalue weighted by molar-refractivity contribution is 5.77. The molecule has 4 nitrogen and oxygen atoms in total. The van der Waals surface area contributed by atoms with E-state index in [4.69, 9.17) is 10.5 Å². The van der Waals surface area contributed by atoms with Gasteiger partial charge in [-0.15, -0.1) is 0 Å². The number of ether oxygens (including phenoxy) is 1. The molecule has 2 rings (SSSR count). The molecule has 5 heteroatoms.